The van der Waals surface area contributed by atoms with E-state index >= 15 is 0 Å². The lowest BCUT2D eigenvalue weighted by molar-refractivity contribution is -0.211. The summed E-state index contributed by atoms with van der Waals surface area (Å²) >= 11 is 0. The molecule has 0 aromatic rings. The van der Waals surface area contributed by atoms with Crippen molar-refractivity contribution in [3.05, 3.63) is 0 Å². The highest BCUT2D eigenvalue weighted by Gasteiger charge is 2.65. The van der Waals surface area contributed by atoms with Crippen molar-refractivity contribution in [1.29, 1.82) is 0 Å². The van der Waals surface area contributed by atoms with Crippen LogP contribution in [0.1, 0.15) is 79.6 Å². The van der Waals surface area contributed by atoms with E-state index in [-0.39, 0.29) is 16.6 Å². The van der Waals surface area contributed by atoms with Crippen LogP contribution >= 0.6 is 0 Å². The summed E-state index contributed by atoms with van der Waals surface area (Å²) < 4.78 is 12.2. The first kappa shape index (κ1) is 21.3. The third kappa shape index (κ3) is 2.92. The van der Waals surface area contributed by atoms with Crippen molar-refractivity contribution in [2.45, 2.75) is 127 Å². The van der Waals surface area contributed by atoms with Gasteiger partial charge in [0.25, 0.3) is 0 Å². The molecule has 1 aliphatic carbocycles. The first-order chi connectivity index (χ1) is 14.7. The number of piperidine rings is 3. The highest BCUT2D eigenvalue weighted by Crippen LogP contribution is 2.53. The Morgan fingerprint density at radius 2 is 1.16 bits per heavy atom. The maximum atomic E-state index is 6.15. The Balaban J connectivity index is 1.41. The van der Waals surface area contributed by atoms with Crippen molar-refractivity contribution in [3.8, 4) is 0 Å². The molecule has 5 nitrogen and oxygen atoms in total. The molecule has 0 spiro atoms. The zero-order valence-corrected chi connectivity index (χ0v) is 20.6. The SMILES string of the molecule is CC(C)(N1CC2CCC1CC2)C(C)(N1CC2CC1CO2)C(C)(C)N1CC2CCC1CO2. The second-order valence-corrected chi connectivity index (χ2v) is 12.9. The van der Waals surface area contributed by atoms with E-state index < -0.39 is 0 Å². The predicted molar refractivity (Wildman–Crippen MR) is 123 cm³/mol. The zero-order valence-electron chi connectivity index (χ0n) is 20.6. The molecule has 31 heavy (non-hydrogen) atoms. The fourth-order valence-electron chi connectivity index (χ4n) is 8.94. The Kier molecular flexibility index (Phi) is 4.92. The molecule has 8 fully saturated rings. The number of likely N-dealkylation sites (tertiary alicyclic amines) is 1. The van der Waals surface area contributed by atoms with Gasteiger partial charge in [0.15, 0.2) is 0 Å². The molecule has 6 bridgehead atoms. The Labute approximate surface area is 189 Å². The van der Waals surface area contributed by atoms with E-state index in [2.05, 4.69) is 49.3 Å². The summed E-state index contributed by atoms with van der Waals surface area (Å²) in [5.41, 5.74) is 0.200. The van der Waals surface area contributed by atoms with Crippen LogP contribution in [-0.2, 0) is 9.47 Å². The Bertz CT molecular complexity index is 651. The second-order valence-electron chi connectivity index (χ2n) is 12.9. The van der Waals surface area contributed by atoms with Crippen molar-refractivity contribution in [2.24, 2.45) is 5.92 Å². The van der Waals surface area contributed by atoms with E-state index in [0.29, 0.717) is 24.3 Å². The Hall–Kier alpha value is -0.200. The van der Waals surface area contributed by atoms with Crippen LogP contribution in [0.5, 0.6) is 0 Å². The number of morpholine rings is 2. The van der Waals surface area contributed by atoms with Gasteiger partial charge in [-0.05, 0) is 85.5 Å². The van der Waals surface area contributed by atoms with Gasteiger partial charge < -0.3 is 9.47 Å². The van der Waals surface area contributed by atoms with E-state index in [1.807, 2.05) is 0 Å². The number of hydrogen-bond acceptors (Lipinski definition) is 5. The molecule has 0 N–H and O–H groups in total. The number of nitrogens with zero attached hydrogens (tertiary/aromatic N) is 3. The average Bonchev–Trinajstić information content (AvgIpc) is 3.44. The molecule has 7 aliphatic heterocycles. The first-order valence-corrected chi connectivity index (χ1v) is 13.3. The van der Waals surface area contributed by atoms with E-state index in [9.17, 15) is 0 Å². The maximum Gasteiger partial charge on any atom is 0.0718 e. The zero-order chi connectivity index (χ0) is 21.6. The molecule has 5 unspecified atom stereocenters. The molecule has 0 aromatic carbocycles. The molecular formula is C26H45N3O2. The summed E-state index contributed by atoms with van der Waals surface area (Å²) in [6.07, 6.45) is 10.4. The van der Waals surface area contributed by atoms with E-state index in [1.165, 1.54) is 51.5 Å². The van der Waals surface area contributed by atoms with Crippen molar-refractivity contribution in [2.75, 3.05) is 32.8 Å². The number of ether oxygens (including phenoxy) is 2. The van der Waals surface area contributed by atoms with E-state index in [1.54, 1.807) is 0 Å². The van der Waals surface area contributed by atoms with Crippen molar-refractivity contribution in [1.82, 2.24) is 14.7 Å². The van der Waals surface area contributed by atoms with Crippen molar-refractivity contribution < 1.29 is 9.47 Å². The lowest BCUT2D eigenvalue weighted by Gasteiger charge is -2.69. The van der Waals surface area contributed by atoms with Gasteiger partial charge in [-0.15, -0.1) is 0 Å². The molecule has 176 valence electrons. The molecule has 1 saturated carbocycles. The topological polar surface area (TPSA) is 28.2 Å². The molecular weight excluding hydrogens is 386 g/mol. The van der Waals surface area contributed by atoms with E-state index in [0.717, 1.165) is 38.3 Å². The molecule has 0 amide bonds. The number of rotatable bonds is 5. The minimum Gasteiger partial charge on any atom is -0.375 e. The van der Waals surface area contributed by atoms with Gasteiger partial charge in [0.1, 0.15) is 0 Å². The smallest absolute Gasteiger partial charge is 0.0718 e. The Morgan fingerprint density at radius 3 is 1.61 bits per heavy atom. The predicted octanol–water partition coefficient (Wildman–Crippen LogP) is 3.51. The quantitative estimate of drug-likeness (QED) is 0.664. The molecule has 8 aliphatic rings. The monoisotopic (exact) mass is 431 g/mol. The lowest BCUT2D eigenvalue weighted by Crippen LogP contribution is -2.82. The Morgan fingerprint density at radius 1 is 0.581 bits per heavy atom. The molecule has 5 atom stereocenters. The minimum atomic E-state index is 0.0398. The summed E-state index contributed by atoms with van der Waals surface area (Å²) in [5.74, 6) is 0.911. The van der Waals surface area contributed by atoms with Gasteiger partial charge in [0.05, 0.1) is 31.0 Å². The van der Waals surface area contributed by atoms with Gasteiger partial charge in [0, 0.05) is 48.8 Å². The molecule has 5 heteroatoms. The second kappa shape index (κ2) is 7.15. The first-order valence-electron chi connectivity index (χ1n) is 13.3. The summed E-state index contributed by atoms with van der Waals surface area (Å²) in [4.78, 5) is 8.77. The van der Waals surface area contributed by atoms with Crippen molar-refractivity contribution >= 4 is 0 Å². The van der Waals surface area contributed by atoms with Gasteiger partial charge in [-0.1, -0.05) is 0 Å². The lowest BCUT2D eigenvalue weighted by atomic mass is 9.62. The van der Waals surface area contributed by atoms with Crippen LogP contribution in [0, 0.1) is 5.92 Å². The molecule has 8 rings (SSSR count). The number of hydrogen-bond donors (Lipinski definition) is 0. The standard InChI is InChI=1S/C26H45N3O2/c1-24(2,27-13-18-6-8-19(27)9-7-18)26(5,29-15-23-12-21(29)17-31-23)25(3,4)28-14-22-11-10-20(28)16-30-22/h18-23H,6-17H2,1-5H3. The summed E-state index contributed by atoms with van der Waals surface area (Å²) in [5, 5.41) is 0. The van der Waals surface area contributed by atoms with E-state index in [4.69, 9.17) is 9.47 Å². The third-order valence-corrected chi connectivity index (χ3v) is 11.2. The molecule has 7 heterocycles. The summed E-state index contributed by atoms with van der Waals surface area (Å²) in [6, 6.07) is 1.92. The summed E-state index contributed by atoms with van der Waals surface area (Å²) in [6.45, 7) is 18.3. The van der Waals surface area contributed by atoms with Gasteiger partial charge in [-0.3, -0.25) is 14.7 Å². The van der Waals surface area contributed by atoms with Crippen LogP contribution in [0.25, 0.3) is 0 Å². The molecule has 7 saturated heterocycles. The largest absolute Gasteiger partial charge is 0.375 e. The molecule has 0 aromatic heterocycles. The minimum absolute atomic E-state index is 0.0398. The van der Waals surface area contributed by atoms with Crippen LogP contribution in [0.2, 0.25) is 0 Å². The van der Waals surface area contributed by atoms with Gasteiger partial charge in [0.2, 0.25) is 0 Å². The maximum absolute atomic E-state index is 6.15. The van der Waals surface area contributed by atoms with Gasteiger partial charge in [-0.2, -0.15) is 0 Å². The molecule has 0 radical (unpaired) electrons. The summed E-state index contributed by atoms with van der Waals surface area (Å²) in [7, 11) is 0. The van der Waals surface area contributed by atoms with Crippen LogP contribution in [-0.4, -0.2) is 94.5 Å². The fourth-order valence-corrected chi connectivity index (χ4v) is 8.94. The van der Waals surface area contributed by atoms with Gasteiger partial charge >= 0.3 is 0 Å². The van der Waals surface area contributed by atoms with Crippen molar-refractivity contribution in [3.63, 3.8) is 0 Å². The van der Waals surface area contributed by atoms with Crippen LogP contribution < -0.4 is 0 Å². The highest BCUT2D eigenvalue weighted by atomic mass is 16.5. The highest BCUT2D eigenvalue weighted by molar-refractivity contribution is 5.22. The number of fused-ring (bicyclic) bond motifs is 8. The fraction of sp³-hybridized carbons (Fsp3) is 1.00. The average molecular weight is 432 g/mol. The van der Waals surface area contributed by atoms with Crippen LogP contribution in [0.15, 0.2) is 0 Å². The third-order valence-electron chi connectivity index (χ3n) is 11.2. The normalized spacial score (nSPS) is 43.6. The van der Waals surface area contributed by atoms with Gasteiger partial charge in [-0.25, -0.2) is 0 Å². The van der Waals surface area contributed by atoms with Crippen LogP contribution in [0.4, 0.5) is 0 Å². The van der Waals surface area contributed by atoms with Crippen LogP contribution in [0.3, 0.4) is 0 Å².